The minimum absolute atomic E-state index is 0.0953. The lowest BCUT2D eigenvalue weighted by Gasteiger charge is -2.45. The van der Waals surface area contributed by atoms with Gasteiger partial charge in [0, 0.05) is 32.3 Å². The number of hydrogen-bond donors (Lipinski definition) is 1. The van der Waals surface area contributed by atoms with Crippen molar-refractivity contribution in [2.45, 2.75) is 57.4 Å². The van der Waals surface area contributed by atoms with E-state index in [1.165, 1.54) is 19.3 Å². The van der Waals surface area contributed by atoms with Gasteiger partial charge in [0.2, 0.25) is 0 Å². The molecule has 5 nitrogen and oxygen atoms in total. The topological polar surface area (TPSA) is 60.9 Å². The summed E-state index contributed by atoms with van der Waals surface area (Å²) < 4.78 is 29.5. The number of hydrogen-bond acceptors (Lipinski definition) is 3. The zero-order valence-electron chi connectivity index (χ0n) is 12.8. The third kappa shape index (κ3) is 3.14. The molecule has 1 unspecified atom stereocenters. The minimum Gasteiger partial charge on any atom is -0.396 e. The first-order valence-electron chi connectivity index (χ1n) is 8.50. The van der Waals surface area contributed by atoms with E-state index in [9.17, 15) is 13.5 Å². The molecule has 3 atom stereocenters. The maximum absolute atomic E-state index is 13.0. The molecule has 2 aliphatic heterocycles. The highest BCUT2D eigenvalue weighted by atomic mass is 32.2. The molecule has 122 valence electrons. The van der Waals surface area contributed by atoms with E-state index in [-0.39, 0.29) is 18.6 Å². The first-order valence-corrected chi connectivity index (χ1v) is 9.90. The second-order valence-corrected chi connectivity index (χ2v) is 8.80. The second-order valence-electron chi connectivity index (χ2n) is 6.92. The van der Waals surface area contributed by atoms with E-state index in [0.717, 1.165) is 32.1 Å². The standard InChI is InChI=1S/C15H28N2O3S/c18-12-13-5-3-9-16(11-13)21(19,20)17-10-4-7-14-6-1-2-8-15(14)17/h13-15,18H,1-12H2/t13?,14-,15-/m1/s1. The summed E-state index contributed by atoms with van der Waals surface area (Å²) in [5.74, 6) is 0.682. The van der Waals surface area contributed by atoms with E-state index in [4.69, 9.17) is 0 Å². The summed E-state index contributed by atoms with van der Waals surface area (Å²) in [5, 5.41) is 9.34. The Bertz CT molecular complexity index is 452. The van der Waals surface area contributed by atoms with Gasteiger partial charge in [0.1, 0.15) is 0 Å². The second kappa shape index (κ2) is 6.52. The van der Waals surface area contributed by atoms with Gasteiger partial charge < -0.3 is 5.11 Å². The van der Waals surface area contributed by atoms with Gasteiger partial charge in [-0.15, -0.1) is 0 Å². The molecule has 1 aliphatic carbocycles. The molecular weight excluding hydrogens is 288 g/mol. The predicted octanol–water partition coefficient (Wildman–Crippen LogP) is 1.59. The van der Waals surface area contributed by atoms with Crippen molar-refractivity contribution in [1.82, 2.24) is 8.61 Å². The predicted molar refractivity (Wildman–Crippen MR) is 82.0 cm³/mol. The Morgan fingerprint density at radius 1 is 0.952 bits per heavy atom. The third-order valence-corrected chi connectivity index (χ3v) is 7.59. The van der Waals surface area contributed by atoms with Crippen LogP contribution in [0.4, 0.5) is 0 Å². The first kappa shape index (κ1) is 15.7. The van der Waals surface area contributed by atoms with Crippen molar-refractivity contribution in [1.29, 1.82) is 0 Å². The Kier molecular flexibility index (Phi) is 4.88. The van der Waals surface area contributed by atoms with Gasteiger partial charge in [-0.2, -0.15) is 17.0 Å². The Hall–Kier alpha value is -0.170. The maximum Gasteiger partial charge on any atom is 0.282 e. The molecule has 3 fully saturated rings. The van der Waals surface area contributed by atoms with E-state index in [1.54, 1.807) is 8.61 Å². The highest BCUT2D eigenvalue weighted by Gasteiger charge is 2.42. The SMILES string of the molecule is O=S(=O)(N1CCCC(CO)C1)N1CCC[C@H]2CCCC[C@H]21. The van der Waals surface area contributed by atoms with Crippen LogP contribution in [0, 0.1) is 11.8 Å². The zero-order chi connectivity index (χ0) is 14.9. The Balaban J connectivity index is 1.76. The summed E-state index contributed by atoms with van der Waals surface area (Å²) in [5.41, 5.74) is 0. The summed E-state index contributed by atoms with van der Waals surface area (Å²) in [6.07, 6.45) is 8.63. The largest absolute Gasteiger partial charge is 0.396 e. The van der Waals surface area contributed by atoms with Crippen LogP contribution in [0.15, 0.2) is 0 Å². The average Bonchev–Trinajstić information content (AvgIpc) is 2.54. The molecule has 0 amide bonds. The van der Waals surface area contributed by atoms with Crippen molar-refractivity contribution < 1.29 is 13.5 Å². The maximum atomic E-state index is 13.0. The van der Waals surface area contributed by atoms with Crippen LogP contribution in [0.3, 0.4) is 0 Å². The third-order valence-electron chi connectivity index (χ3n) is 5.55. The molecule has 2 saturated heterocycles. The van der Waals surface area contributed by atoms with Crippen LogP contribution in [-0.4, -0.2) is 54.4 Å². The van der Waals surface area contributed by atoms with Gasteiger partial charge in [0.25, 0.3) is 10.2 Å². The summed E-state index contributed by atoms with van der Waals surface area (Å²) >= 11 is 0. The fourth-order valence-corrected chi connectivity index (χ4v) is 6.43. The molecule has 3 rings (SSSR count). The number of rotatable bonds is 3. The molecule has 2 heterocycles. The smallest absolute Gasteiger partial charge is 0.282 e. The van der Waals surface area contributed by atoms with Crippen molar-refractivity contribution in [3.05, 3.63) is 0 Å². The zero-order valence-corrected chi connectivity index (χ0v) is 13.6. The van der Waals surface area contributed by atoms with E-state index < -0.39 is 10.2 Å². The number of aliphatic hydroxyl groups is 1. The van der Waals surface area contributed by atoms with Gasteiger partial charge in [-0.25, -0.2) is 0 Å². The normalized spacial score (nSPS) is 36.3. The average molecular weight is 316 g/mol. The van der Waals surface area contributed by atoms with Crippen molar-refractivity contribution >= 4 is 10.2 Å². The fraction of sp³-hybridized carbons (Fsp3) is 1.00. The molecular formula is C15H28N2O3S. The molecule has 21 heavy (non-hydrogen) atoms. The van der Waals surface area contributed by atoms with Crippen LogP contribution in [0.1, 0.15) is 51.4 Å². The van der Waals surface area contributed by atoms with E-state index >= 15 is 0 Å². The highest BCUT2D eigenvalue weighted by Crippen LogP contribution is 2.37. The molecule has 3 aliphatic rings. The number of aliphatic hydroxyl groups excluding tert-OH is 1. The van der Waals surface area contributed by atoms with Crippen molar-refractivity contribution in [2.24, 2.45) is 11.8 Å². The van der Waals surface area contributed by atoms with Gasteiger partial charge in [-0.1, -0.05) is 12.8 Å². The van der Waals surface area contributed by atoms with Gasteiger partial charge in [-0.05, 0) is 50.4 Å². The molecule has 0 aromatic carbocycles. The van der Waals surface area contributed by atoms with E-state index in [1.807, 2.05) is 0 Å². The summed E-state index contributed by atoms with van der Waals surface area (Å²) in [6.45, 7) is 1.89. The highest BCUT2D eigenvalue weighted by molar-refractivity contribution is 7.86. The lowest BCUT2D eigenvalue weighted by molar-refractivity contribution is 0.112. The van der Waals surface area contributed by atoms with Crippen LogP contribution < -0.4 is 0 Å². The van der Waals surface area contributed by atoms with E-state index in [0.29, 0.717) is 25.6 Å². The molecule has 6 heteroatoms. The van der Waals surface area contributed by atoms with Crippen molar-refractivity contribution in [3.8, 4) is 0 Å². The molecule has 1 saturated carbocycles. The number of nitrogens with zero attached hydrogens (tertiary/aromatic N) is 2. The van der Waals surface area contributed by atoms with Crippen molar-refractivity contribution in [2.75, 3.05) is 26.2 Å². The molecule has 0 spiro atoms. The van der Waals surface area contributed by atoms with Gasteiger partial charge in [0.15, 0.2) is 0 Å². The van der Waals surface area contributed by atoms with Crippen LogP contribution in [0.25, 0.3) is 0 Å². The Morgan fingerprint density at radius 3 is 2.48 bits per heavy atom. The molecule has 1 N–H and O–H groups in total. The number of piperidine rings is 2. The summed E-state index contributed by atoms with van der Waals surface area (Å²) in [7, 11) is -3.34. The summed E-state index contributed by atoms with van der Waals surface area (Å²) in [4.78, 5) is 0. The molecule has 0 aromatic rings. The molecule has 0 radical (unpaired) electrons. The van der Waals surface area contributed by atoms with E-state index in [2.05, 4.69) is 0 Å². The van der Waals surface area contributed by atoms with Gasteiger partial charge in [-0.3, -0.25) is 0 Å². The monoisotopic (exact) mass is 316 g/mol. The van der Waals surface area contributed by atoms with Crippen LogP contribution in [0.5, 0.6) is 0 Å². The Morgan fingerprint density at radius 2 is 1.67 bits per heavy atom. The van der Waals surface area contributed by atoms with Crippen LogP contribution in [0.2, 0.25) is 0 Å². The lowest BCUT2D eigenvalue weighted by atomic mass is 9.79. The first-order chi connectivity index (χ1) is 10.1. The van der Waals surface area contributed by atoms with Crippen LogP contribution in [-0.2, 0) is 10.2 Å². The lowest BCUT2D eigenvalue weighted by Crippen LogP contribution is -2.56. The Labute approximate surface area is 128 Å². The van der Waals surface area contributed by atoms with Crippen LogP contribution >= 0.6 is 0 Å². The minimum atomic E-state index is -3.34. The van der Waals surface area contributed by atoms with Crippen molar-refractivity contribution in [3.63, 3.8) is 0 Å². The summed E-state index contributed by atoms with van der Waals surface area (Å²) in [6, 6.07) is 0.229. The fourth-order valence-electron chi connectivity index (χ4n) is 4.40. The van der Waals surface area contributed by atoms with Gasteiger partial charge in [0.05, 0.1) is 0 Å². The quantitative estimate of drug-likeness (QED) is 0.860. The molecule has 0 aromatic heterocycles. The van der Waals surface area contributed by atoms with Gasteiger partial charge >= 0.3 is 0 Å². The number of fused-ring (bicyclic) bond motifs is 1. The molecule has 0 bridgehead atoms.